The van der Waals surface area contributed by atoms with Crippen molar-refractivity contribution < 1.29 is 0 Å². The average molecular weight is 204 g/mol. The first kappa shape index (κ1) is 10.7. The third-order valence-electron chi connectivity index (χ3n) is 3.44. The Kier molecular flexibility index (Phi) is 2.81. The van der Waals surface area contributed by atoms with E-state index in [0.717, 1.165) is 19.5 Å². The lowest BCUT2D eigenvalue weighted by Gasteiger charge is -2.26. The van der Waals surface area contributed by atoms with Crippen LogP contribution in [-0.2, 0) is 6.42 Å². The fraction of sp³-hybridized carbons (Fsp3) is 0.538. The van der Waals surface area contributed by atoms with Gasteiger partial charge in [-0.3, -0.25) is 0 Å². The maximum absolute atomic E-state index is 6.26. The van der Waals surface area contributed by atoms with Crippen molar-refractivity contribution in [2.45, 2.75) is 31.7 Å². The standard InChI is InChI=1S/C13H20N2/c1-3-10-4-6-11(7-5-10)12-8-15-9-13(12,2)14/h4-7,12,15H,3,8-9,14H2,1-2H3/t12-,13+/m1/s1. The number of rotatable bonds is 2. The number of hydrogen-bond acceptors (Lipinski definition) is 2. The largest absolute Gasteiger partial charge is 0.324 e. The van der Waals surface area contributed by atoms with Crippen molar-refractivity contribution in [3.05, 3.63) is 35.4 Å². The smallest absolute Gasteiger partial charge is 0.0333 e. The van der Waals surface area contributed by atoms with E-state index in [-0.39, 0.29) is 5.54 Å². The highest BCUT2D eigenvalue weighted by Gasteiger charge is 2.35. The lowest BCUT2D eigenvalue weighted by Crippen LogP contribution is -2.42. The molecule has 2 atom stereocenters. The summed E-state index contributed by atoms with van der Waals surface area (Å²) >= 11 is 0. The van der Waals surface area contributed by atoms with Crippen LogP contribution in [0.2, 0.25) is 0 Å². The molecule has 0 saturated carbocycles. The van der Waals surface area contributed by atoms with Gasteiger partial charge in [-0.1, -0.05) is 31.2 Å². The van der Waals surface area contributed by atoms with E-state index < -0.39 is 0 Å². The first-order valence-corrected chi connectivity index (χ1v) is 5.72. The topological polar surface area (TPSA) is 38.0 Å². The third kappa shape index (κ3) is 2.06. The minimum Gasteiger partial charge on any atom is -0.324 e. The summed E-state index contributed by atoms with van der Waals surface area (Å²) < 4.78 is 0. The van der Waals surface area contributed by atoms with Crippen LogP contribution in [0.1, 0.15) is 30.9 Å². The monoisotopic (exact) mass is 204 g/mol. The lowest BCUT2D eigenvalue weighted by molar-refractivity contribution is 0.462. The average Bonchev–Trinajstić information content (AvgIpc) is 2.58. The summed E-state index contributed by atoms with van der Waals surface area (Å²) in [6, 6.07) is 8.87. The highest BCUT2D eigenvalue weighted by Crippen LogP contribution is 2.29. The number of nitrogens with one attached hydrogen (secondary N) is 1. The van der Waals surface area contributed by atoms with Gasteiger partial charge in [-0.05, 0) is 24.5 Å². The summed E-state index contributed by atoms with van der Waals surface area (Å²) in [6.07, 6.45) is 1.10. The lowest BCUT2D eigenvalue weighted by atomic mass is 9.84. The van der Waals surface area contributed by atoms with Gasteiger partial charge in [0.25, 0.3) is 0 Å². The predicted molar refractivity (Wildman–Crippen MR) is 64.0 cm³/mol. The van der Waals surface area contributed by atoms with Gasteiger partial charge in [0.1, 0.15) is 0 Å². The molecule has 1 aromatic carbocycles. The summed E-state index contributed by atoms with van der Waals surface area (Å²) in [7, 11) is 0. The summed E-state index contributed by atoms with van der Waals surface area (Å²) in [5.74, 6) is 0.448. The van der Waals surface area contributed by atoms with Gasteiger partial charge in [-0.15, -0.1) is 0 Å². The molecule has 1 aliphatic heterocycles. The van der Waals surface area contributed by atoms with Crippen LogP contribution in [0.3, 0.4) is 0 Å². The number of hydrogen-bond donors (Lipinski definition) is 2. The first-order valence-electron chi connectivity index (χ1n) is 5.72. The summed E-state index contributed by atoms with van der Waals surface area (Å²) in [5.41, 5.74) is 8.91. The quantitative estimate of drug-likeness (QED) is 0.769. The second-order valence-corrected chi connectivity index (χ2v) is 4.78. The van der Waals surface area contributed by atoms with Crippen LogP contribution in [0.4, 0.5) is 0 Å². The molecule has 0 aliphatic carbocycles. The van der Waals surface area contributed by atoms with Crippen molar-refractivity contribution in [3.8, 4) is 0 Å². The number of aryl methyl sites for hydroxylation is 1. The molecule has 1 aromatic rings. The van der Waals surface area contributed by atoms with E-state index in [1.807, 2.05) is 0 Å². The summed E-state index contributed by atoms with van der Waals surface area (Å²) in [5, 5.41) is 3.36. The molecule has 0 radical (unpaired) electrons. The molecule has 0 bridgehead atoms. The Balaban J connectivity index is 2.22. The zero-order valence-electron chi connectivity index (χ0n) is 9.59. The highest BCUT2D eigenvalue weighted by atomic mass is 15.0. The Bertz CT molecular complexity index is 327. The van der Waals surface area contributed by atoms with E-state index in [9.17, 15) is 0 Å². The van der Waals surface area contributed by atoms with Crippen molar-refractivity contribution in [2.24, 2.45) is 5.73 Å². The summed E-state index contributed by atoms with van der Waals surface area (Å²) in [4.78, 5) is 0. The Labute approximate surface area is 91.9 Å². The van der Waals surface area contributed by atoms with Gasteiger partial charge in [-0.25, -0.2) is 0 Å². The highest BCUT2D eigenvalue weighted by molar-refractivity contribution is 5.29. The molecule has 1 saturated heterocycles. The van der Waals surface area contributed by atoms with Crippen LogP contribution in [0.15, 0.2) is 24.3 Å². The zero-order chi connectivity index (χ0) is 10.9. The molecule has 1 aliphatic rings. The molecule has 0 aromatic heterocycles. The summed E-state index contributed by atoms with van der Waals surface area (Å²) in [6.45, 7) is 6.22. The van der Waals surface area contributed by atoms with Crippen molar-refractivity contribution in [3.63, 3.8) is 0 Å². The predicted octanol–water partition coefficient (Wildman–Crippen LogP) is 1.65. The van der Waals surface area contributed by atoms with E-state index in [1.54, 1.807) is 0 Å². The molecule has 2 rings (SSSR count). The molecule has 1 heterocycles. The maximum Gasteiger partial charge on any atom is 0.0333 e. The fourth-order valence-electron chi connectivity index (χ4n) is 2.33. The van der Waals surface area contributed by atoms with Crippen molar-refractivity contribution in [1.29, 1.82) is 0 Å². The first-order chi connectivity index (χ1) is 7.13. The molecule has 2 heteroatoms. The van der Waals surface area contributed by atoms with Crippen molar-refractivity contribution in [2.75, 3.05) is 13.1 Å². The van der Waals surface area contributed by atoms with Gasteiger partial charge in [0, 0.05) is 24.5 Å². The SMILES string of the molecule is CCc1ccc([C@H]2CNC[C@]2(C)N)cc1. The number of nitrogens with two attached hydrogens (primary N) is 1. The molecule has 0 unspecified atom stereocenters. The zero-order valence-corrected chi connectivity index (χ0v) is 9.59. The van der Waals surface area contributed by atoms with E-state index in [4.69, 9.17) is 5.73 Å². The molecule has 0 amide bonds. The normalized spacial score (nSPS) is 30.7. The minimum absolute atomic E-state index is 0.103. The molecule has 3 N–H and O–H groups in total. The molecule has 15 heavy (non-hydrogen) atoms. The van der Waals surface area contributed by atoms with E-state index in [1.165, 1.54) is 11.1 Å². The molecule has 1 fully saturated rings. The van der Waals surface area contributed by atoms with Gasteiger partial charge < -0.3 is 11.1 Å². The van der Waals surface area contributed by atoms with Gasteiger partial charge in [0.15, 0.2) is 0 Å². The van der Waals surface area contributed by atoms with Crippen LogP contribution in [0.25, 0.3) is 0 Å². The van der Waals surface area contributed by atoms with Crippen LogP contribution >= 0.6 is 0 Å². The van der Waals surface area contributed by atoms with Crippen LogP contribution in [-0.4, -0.2) is 18.6 Å². The Morgan fingerprint density at radius 2 is 2.07 bits per heavy atom. The van der Waals surface area contributed by atoms with E-state index in [0.29, 0.717) is 5.92 Å². The third-order valence-corrected chi connectivity index (χ3v) is 3.44. The van der Waals surface area contributed by atoms with Gasteiger partial charge in [0.05, 0.1) is 0 Å². The molecule has 0 spiro atoms. The minimum atomic E-state index is -0.103. The van der Waals surface area contributed by atoms with E-state index >= 15 is 0 Å². The van der Waals surface area contributed by atoms with Crippen molar-refractivity contribution in [1.82, 2.24) is 5.32 Å². The number of benzene rings is 1. The van der Waals surface area contributed by atoms with Gasteiger partial charge in [-0.2, -0.15) is 0 Å². The molecular formula is C13H20N2. The van der Waals surface area contributed by atoms with Gasteiger partial charge in [0.2, 0.25) is 0 Å². The van der Waals surface area contributed by atoms with Crippen LogP contribution in [0.5, 0.6) is 0 Å². The van der Waals surface area contributed by atoms with Crippen LogP contribution in [0, 0.1) is 0 Å². The second kappa shape index (κ2) is 3.95. The Hall–Kier alpha value is -0.860. The van der Waals surface area contributed by atoms with Crippen LogP contribution < -0.4 is 11.1 Å². The molecule has 2 nitrogen and oxygen atoms in total. The molecular weight excluding hydrogens is 184 g/mol. The molecule has 82 valence electrons. The van der Waals surface area contributed by atoms with E-state index in [2.05, 4.69) is 43.4 Å². The van der Waals surface area contributed by atoms with Gasteiger partial charge >= 0.3 is 0 Å². The maximum atomic E-state index is 6.26. The van der Waals surface area contributed by atoms with Crippen molar-refractivity contribution >= 4 is 0 Å². The second-order valence-electron chi connectivity index (χ2n) is 4.78. The Morgan fingerprint density at radius 1 is 1.40 bits per heavy atom. The fourth-order valence-corrected chi connectivity index (χ4v) is 2.33. The Morgan fingerprint density at radius 3 is 2.53 bits per heavy atom.